The molecule has 1 saturated heterocycles. The van der Waals surface area contributed by atoms with E-state index in [0.29, 0.717) is 30.3 Å². The minimum absolute atomic E-state index is 0.0679. The van der Waals surface area contributed by atoms with Gasteiger partial charge in [0, 0.05) is 12.6 Å². The Morgan fingerprint density at radius 1 is 0.957 bits per heavy atom. The highest BCUT2D eigenvalue weighted by molar-refractivity contribution is 7.85. The predicted molar refractivity (Wildman–Crippen MR) is 185 cm³/mol. The number of para-hydroxylation sites is 3. The van der Waals surface area contributed by atoms with Crippen molar-refractivity contribution in [3.05, 3.63) is 78.3 Å². The second-order valence-electron chi connectivity index (χ2n) is 10.6. The Hall–Kier alpha value is -4.11. The second kappa shape index (κ2) is 17.7. The minimum atomic E-state index is -4.07. The number of thiocarbonyl (C=S) groups is 1. The molecule has 0 saturated carbocycles. The first-order valence-electron chi connectivity index (χ1n) is 15.4. The summed E-state index contributed by atoms with van der Waals surface area (Å²) in [6.07, 6.45) is 3.73. The number of carbonyl (C=O) groups excluding carboxylic acids is 3. The van der Waals surface area contributed by atoms with Crippen LogP contribution in [0.15, 0.2) is 78.3 Å². The Morgan fingerprint density at radius 2 is 1.60 bits per heavy atom. The maximum atomic E-state index is 13.5. The first-order valence-corrected chi connectivity index (χ1v) is 17.4. The summed E-state index contributed by atoms with van der Waals surface area (Å²) in [5.74, 6) is -0.939. The van der Waals surface area contributed by atoms with Crippen LogP contribution in [0.5, 0.6) is 5.75 Å². The standard InChI is InChI=1S/C27H27N3O8S2.C6H15N/c1-19(31)18-37-25(32)17-29-22(26(33)30(27(29)39)20-9-3-2-4-10-20)13-14-24-28(15-7-8-16-40(34,35)36)21-11-5-6-12-23(21)38-24;1-4-7(5-2)6-3/h2-6,9-14H,7-8,15-18H2,1H3,(H,34,35,36);4-6H2,1-3H3/b22-13+,24-14+;. The Kier molecular flexibility index (Phi) is 14.1. The second-order valence-corrected chi connectivity index (χ2v) is 12.5. The highest BCUT2D eigenvalue weighted by atomic mass is 32.2. The third-order valence-electron chi connectivity index (χ3n) is 7.27. The Labute approximate surface area is 282 Å². The topological polar surface area (TPSA) is 137 Å². The summed E-state index contributed by atoms with van der Waals surface area (Å²) in [4.78, 5) is 44.1. The molecule has 2 aromatic rings. The van der Waals surface area contributed by atoms with Crippen LogP contribution in [0.25, 0.3) is 0 Å². The molecule has 1 amide bonds. The third-order valence-corrected chi connectivity index (χ3v) is 8.48. The first kappa shape index (κ1) is 37.3. The SMILES string of the molecule is CC(=O)COC(=O)CN1C(=S)N(c2ccccc2)C(=O)/C1=C\C=C1\Oc2ccccc2N1CCCCS(=O)(=O)O.CCN(CC)CC. The van der Waals surface area contributed by atoms with Crippen molar-refractivity contribution in [2.45, 2.75) is 40.5 Å². The number of hydrogen-bond donors (Lipinski definition) is 1. The molecule has 0 radical (unpaired) electrons. The number of hydrogen-bond acceptors (Lipinski definition) is 10. The van der Waals surface area contributed by atoms with E-state index >= 15 is 0 Å². The van der Waals surface area contributed by atoms with E-state index in [4.69, 9.17) is 26.2 Å². The smallest absolute Gasteiger partial charge is 0.326 e. The fourth-order valence-electron chi connectivity index (χ4n) is 4.80. The summed E-state index contributed by atoms with van der Waals surface area (Å²) in [6, 6.07) is 16.0. The molecule has 2 aliphatic heterocycles. The number of anilines is 2. The van der Waals surface area contributed by atoms with E-state index in [9.17, 15) is 22.8 Å². The Balaban J connectivity index is 0.000000771. The number of carbonyl (C=O) groups is 3. The fourth-order valence-corrected chi connectivity index (χ4v) is 5.72. The van der Waals surface area contributed by atoms with Crippen molar-refractivity contribution in [2.75, 3.05) is 54.9 Å². The summed E-state index contributed by atoms with van der Waals surface area (Å²) < 4.78 is 42.2. The van der Waals surface area contributed by atoms with Crippen LogP contribution in [-0.4, -0.2) is 90.6 Å². The molecule has 1 fully saturated rings. The quantitative estimate of drug-likeness (QED) is 0.0992. The van der Waals surface area contributed by atoms with Gasteiger partial charge in [0.05, 0.1) is 17.1 Å². The van der Waals surface area contributed by atoms with E-state index < -0.39 is 35.1 Å². The van der Waals surface area contributed by atoms with Crippen LogP contribution >= 0.6 is 12.2 Å². The monoisotopic (exact) mass is 686 g/mol. The van der Waals surface area contributed by atoms with Gasteiger partial charge in [-0.3, -0.25) is 23.8 Å². The zero-order chi connectivity index (χ0) is 34.6. The van der Waals surface area contributed by atoms with Gasteiger partial charge in [-0.05, 0) is 82.0 Å². The molecule has 2 aliphatic rings. The molecule has 47 heavy (non-hydrogen) atoms. The molecule has 254 valence electrons. The van der Waals surface area contributed by atoms with Crippen molar-refractivity contribution < 1.29 is 36.8 Å². The molecule has 0 spiro atoms. The van der Waals surface area contributed by atoms with Gasteiger partial charge in [-0.15, -0.1) is 0 Å². The van der Waals surface area contributed by atoms with E-state index in [1.165, 1.54) is 42.4 Å². The fraction of sp³-hybridized carbons (Fsp3) is 0.394. The summed E-state index contributed by atoms with van der Waals surface area (Å²) >= 11 is 5.57. The number of allylic oxidation sites excluding steroid dienone is 2. The van der Waals surface area contributed by atoms with E-state index in [1.54, 1.807) is 42.5 Å². The summed E-state index contributed by atoms with van der Waals surface area (Å²) in [5, 5.41) is 0.0679. The Morgan fingerprint density at radius 3 is 2.19 bits per heavy atom. The van der Waals surface area contributed by atoms with Gasteiger partial charge in [0.1, 0.15) is 18.8 Å². The Bertz CT molecular complexity index is 1580. The molecule has 0 unspecified atom stereocenters. The number of unbranched alkanes of at least 4 members (excludes halogenated alkanes) is 1. The average molecular weight is 687 g/mol. The highest BCUT2D eigenvalue weighted by Gasteiger charge is 2.40. The minimum Gasteiger partial charge on any atom is -0.456 e. The number of benzene rings is 2. The van der Waals surface area contributed by atoms with E-state index in [0.717, 1.165) is 5.69 Å². The van der Waals surface area contributed by atoms with Gasteiger partial charge in [0.15, 0.2) is 16.6 Å². The molecule has 0 aliphatic carbocycles. The lowest BCUT2D eigenvalue weighted by atomic mass is 10.2. The molecule has 14 heteroatoms. The zero-order valence-corrected chi connectivity index (χ0v) is 28.8. The van der Waals surface area contributed by atoms with Gasteiger partial charge in [-0.1, -0.05) is 51.1 Å². The molecule has 12 nitrogen and oxygen atoms in total. The number of Topliss-reactive ketones (excluding diaryl/α,β-unsaturated/α-hetero) is 1. The zero-order valence-electron chi connectivity index (χ0n) is 27.1. The maximum Gasteiger partial charge on any atom is 0.326 e. The van der Waals surface area contributed by atoms with Gasteiger partial charge in [0.2, 0.25) is 5.88 Å². The molecule has 0 bridgehead atoms. The maximum absolute atomic E-state index is 13.5. The molecule has 0 aromatic heterocycles. The van der Waals surface area contributed by atoms with Crippen LogP contribution in [0, 0.1) is 0 Å². The number of amides is 1. The number of ether oxygens (including phenoxy) is 2. The van der Waals surface area contributed by atoms with Crippen molar-refractivity contribution in [3.8, 4) is 5.75 Å². The van der Waals surface area contributed by atoms with Crippen LogP contribution < -0.4 is 14.5 Å². The van der Waals surface area contributed by atoms with E-state index in [1.807, 2.05) is 23.1 Å². The van der Waals surface area contributed by atoms with Crippen molar-refractivity contribution >= 4 is 56.5 Å². The van der Waals surface area contributed by atoms with Crippen LogP contribution in [0.1, 0.15) is 40.5 Å². The summed E-state index contributed by atoms with van der Waals surface area (Å²) in [7, 11) is -4.07. The van der Waals surface area contributed by atoms with Gasteiger partial charge >= 0.3 is 5.97 Å². The lowest BCUT2D eigenvalue weighted by Crippen LogP contribution is -2.36. The summed E-state index contributed by atoms with van der Waals surface area (Å²) in [5.41, 5.74) is 1.36. The van der Waals surface area contributed by atoms with Crippen molar-refractivity contribution in [1.29, 1.82) is 0 Å². The predicted octanol–water partition coefficient (Wildman–Crippen LogP) is 4.39. The van der Waals surface area contributed by atoms with E-state index in [2.05, 4.69) is 25.7 Å². The van der Waals surface area contributed by atoms with Crippen LogP contribution in [0.4, 0.5) is 11.4 Å². The molecule has 2 aromatic carbocycles. The normalized spacial score (nSPS) is 16.0. The average Bonchev–Trinajstić information content (AvgIpc) is 3.51. The number of ketones is 1. The van der Waals surface area contributed by atoms with Crippen LogP contribution in [-0.2, 0) is 29.2 Å². The molecule has 4 rings (SSSR count). The molecule has 1 N–H and O–H groups in total. The first-order chi connectivity index (χ1) is 22.4. The van der Waals surface area contributed by atoms with Crippen molar-refractivity contribution in [2.24, 2.45) is 0 Å². The van der Waals surface area contributed by atoms with E-state index in [-0.39, 0.29) is 28.8 Å². The number of fused-ring (bicyclic) bond motifs is 1. The van der Waals surface area contributed by atoms with Gasteiger partial charge in [0.25, 0.3) is 16.0 Å². The van der Waals surface area contributed by atoms with Crippen LogP contribution in [0.3, 0.4) is 0 Å². The third kappa shape index (κ3) is 10.7. The molecular formula is C33H42N4O8S2. The van der Waals surface area contributed by atoms with Gasteiger partial charge in [-0.25, -0.2) is 0 Å². The molecule has 0 atom stereocenters. The highest BCUT2D eigenvalue weighted by Crippen LogP contribution is 2.39. The number of nitrogens with zero attached hydrogens (tertiary/aromatic N) is 4. The number of rotatable bonds is 14. The molecular weight excluding hydrogens is 645 g/mol. The summed E-state index contributed by atoms with van der Waals surface area (Å²) in [6.45, 7) is 11.0. The lowest BCUT2D eigenvalue weighted by molar-refractivity contribution is -0.147. The largest absolute Gasteiger partial charge is 0.456 e. The van der Waals surface area contributed by atoms with Crippen molar-refractivity contribution in [3.63, 3.8) is 0 Å². The van der Waals surface area contributed by atoms with Gasteiger partial charge < -0.3 is 24.2 Å². The molecule has 2 heterocycles. The number of esters is 1. The van der Waals surface area contributed by atoms with Crippen LogP contribution in [0.2, 0.25) is 0 Å². The van der Waals surface area contributed by atoms with Gasteiger partial charge in [-0.2, -0.15) is 8.42 Å². The lowest BCUT2D eigenvalue weighted by Gasteiger charge is -2.19. The van der Waals surface area contributed by atoms with Crippen molar-refractivity contribution in [1.82, 2.24) is 9.80 Å².